The van der Waals surface area contributed by atoms with E-state index >= 15 is 0 Å². The molecule has 0 saturated carbocycles. The van der Waals surface area contributed by atoms with Crippen LogP contribution in [0.1, 0.15) is 20.8 Å². The molecule has 9 nitrogen and oxygen atoms in total. The Bertz CT molecular complexity index is 801. The van der Waals surface area contributed by atoms with E-state index in [1.807, 2.05) is 0 Å². The van der Waals surface area contributed by atoms with E-state index in [2.05, 4.69) is 9.84 Å². The molecule has 1 aromatic carbocycles. The lowest BCUT2D eigenvalue weighted by molar-refractivity contribution is -0.384. The highest BCUT2D eigenvalue weighted by atomic mass is 35.5. The maximum absolute atomic E-state index is 12.1. The summed E-state index contributed by atoms with van der Waals surface area (Å²) >= 11 is 5.85. The number of nitro groups is 1. The molecule has 0 fully saturated rings. The molecule has 1 heterocycles. The van der Waals surface area contributed by atoms with Crippen LogP contribution in [0.15, 0.2) is 24.3 Å². The first-order valence-corrected chi connectivity index (χ1v) is 6.49. The lowest BCUT2D eigenvalue weighted by Crippen LogP contribution is -2.10. The molecule has 0 radical (unpaired) electrons. The minimum absolute atomic E-state index is 0.00952. The normalized spacial score (nSPS) is 10.2. The molecule has 0 aliphatic rings. The van der Waals surface area contributed by atoms with E-state index in [4.69, 9.17) is 16.3 Å². The molecule has 0 amide bonds. The van der Waals surface area contributed by atoms with Crippen LogP contribution >= 0.6 is 11.6 Å². The minimum atomic E-state index is -0.937. The second-order valence-electron chi connectivity index (χ2n) is 4.29. The summed E-state index contributed by atoms with van der Waals surface area (Å²) in [6, 6.07) is 4.58. The van der Waals surface area contributed by atoms with Crippen molar-refractivity contribution in [3.8, 4) is 5.88 Å². The first kappa shape index (κ1) is 16.4. The third-order valence-corrected chi connectivity index (χ3v) is 3.16. The van der Waals surface area contributed by atoms with E-state index < -0.39 is 16.9 Å². The second kappa shape index (κ2) is 6.44. The lowest BCUT2D eigenvalue weighted by Gasteiger charge is -2.03. The van der Waals surface area contributed by atoms with Gasteiger partial charge in [0.15, 0.2) is 0 Å². The summed E-state index contributed by atoms with van der Waals surface area (Å²) in [6.07, 6.45) is 0. The van der Waals surface area contributed by atoms with E-state index in [1.165, 1.54) is 31.0 Å². The highest BCUT2D eigenvalue weighted by Gasteiger charge is 2.21. The summed E-state index contributed by atoms with van der Waals surface area (Å²) in [6.45, 7) is 0. The standard InChI is InChI=1S/C13H10ClN3O6/c1-16-10(13(19)22-2)6-11(15-16)23-12(18)8-5-7(17(20)21)3-4-9(8)14/h3-6H,1-2H3. The van der Waals surface area contributed by atoms with Gasteiger partial charge in [-0.1, -0.05) is 11.6 Å². The van der Waals surface area contributed by atoms with Gasteiger partial charge in [0.2, 0.25) is 5.88 Å². The van der Waals surface area contributed by atoms with E-state index in [0.29, 0.717) is 0 Å². The van der Waals surface area contributed by atoms with Crippen LogP contribution in [0, 0.1) is 10.1 Å². The number of ether oxygens (including phenoxy) is 2. The van der Waals surface area contributed by atoms with Gasteiger partial charge in [-0.15, -0.1) is 5.10 Å². The molecule has 0 aliphatic carbocycles. The van der Waals surface area contributed by atoms with Crippen LogP contribution in [0.4, 0.5) is 5.69 Å². The minimum Gasteiger partial charge on any atom is -0.464 e. The number of esters is 2. The Balaban J connectivity index is 2.28. The van der Waals surface area contributed by atoms with Gasteiger partial charge in [0.25, 0.3) is 5.69 Å². The zero-order valence-electron chi connectivity index (χ0n) is 12.0. The molecule has 23 heavy (non-hydrogen) atoms. The van der Waals surface area contributed by atoms with Gasteiger partial charge in [0.05, 0.1) is 22.6 Å². The van der Waals surface area contributed by atoms with E-state index in [0.717, 1.165) is 12.1 Å². The van der Waals surface area contributed by atoms with Crippen molar-refractivity contribution in [3.63, 3.8) is 0 Å². The summed E-state index contributed by atoms with van der Waals surface area (Å²) < 4.78 is 10.7. The lowest BCUT2D eigenvalue weighted by atomic mass is 10.2. The van der Waals surface area contributed by atoms with Crippen molar-refractivity contribution in [2.24, 2.45) is 7.05 Å². The molecule has 0 bridgehead atoms. The monoisotopic (exact) mass is 339 g/mol. The van der Waals surface area contributed by atoms with E-state index in [9.17, 15) is 19.7 Å². The van der Waals surface area contributed by atoms with Gasteiger partial charge in [0, 0.05) is 25.2 Å². The Kier molecular flexibility index (Phi) is 4.60. The predicted molar refractivity (Wildman–Crippen MR) is 77.6 cm³/mol. The molecule has 120 valence electrons. The number of aryl methyl sites for hydroxylation is 1. The van der Waals surface area contributed by atoms with Crippen molar-refractivity contribution >= 4 is 29.2 Å². The van der Waals surface area contributed by atoms with Crippen molar-refractivity contribution in [3.05, 3.63) is 50.7 Å². The van der Waals surface area contributed by atoms with Gasteiger partial charge < -0.3 is 9.47 Å². The van der Waals surface area contributed by atoms with Crippen LogP contribution in [-0.4, -0.2) is 33.8 Å². The largest absolute Gasteiger partial charge is 0.464 e. The predicted octanol–water partition coefficient (Wildman–Crippen LogP) is 1.99. The molecule has 0 N–H and O–H groups in total. The summed E-state index contributed by atoms with van der Waals surface area (Å²) in [5, 5.41) is 14.6. The van der Waals surface area contributed by atoms with Crippen molar-refractivity contribution < 1.29 is 24.0 Å². The van der Waals surface area contributed by atoms with Gasteiger partial charge in [-0.25, -0.2) is 9.59 Å². The summed E-state index contributed by atoms with van der Waals surface area (Å²) in [5.74, 6) is -1.76. The number of rotatable bonds is 4. The van der Waals surface area contributed by atoms with Crippen molar-refractivity contribution in [1.29, 1.82) is 0 Å². The summed E-state index contributed by atoms with van der Waals surface area (Å²) in [4.78, 5) is 33.6. The molecule has 0 aliphatic heterocycles. The molecular formula is C13H10ClN3O6. The fourth-order valence-electron chi connectivity index (χ4n) is 1.72. The maximum Gasteiger partial charge on any atom is 0.356 e. The average Bonchev–Trinajstić information content (AvgIpc) is 2.87. The molecule has 0 atom stereocenters. The third kappa shape index (κ3) is 3.46. The first-order valence-electron chi connectivity index (χ1n) is 6.12. The molecule has 2 rings (SSSR count). The third-order valence-electron chi connectivity index (χ3n) is 2.83. The number of benzene rings is 1. The zero-order chi connectivity index (χ0) is 17.1. The van der Waals surface area contributed by atoms with Gasteiger partial charge >= 0.3 is 11.9 Å². The van der Waals surface area contributed by atoms with Crippen molar-refractivity contribution in [1.82, 2.24) is 9.78 Å². The van der Waals surface area contributed by atoms with Crippen molar-refractivity contribution in [2.45, 2.75) is 0 Å². The Morgan fingerprint density at radius 1 is 1.30 bits per heavy atom. The Hall–Kier alpha value is -2.94. The molecule has 2 aromatic rings. The number of carbonyl (C=O) groups excluding carboxylic acids is 2. The number of nitro benzene ring substituents is 1. The van der Waals surface area contributed by atoms with E-state index in [1.54, 1.807) is 0 Å². The number of carbonyl (C=O) groups is 2. The molecular weight excluding hydrogens is 330 g/mol. The maximum atomic E-state index is 12.1. The molecule has 0 saturated heterocycles. The zero-order valence-corrected chi connectivity index (χ0v) is 12.7. The number of nitrogens with zero attached hydrogens (tertiary/aromatic N) is 3. The number of methoxy groups -OCH3 is 1. The fraction of sp³-hybridized carbons (Fsp3) is 0.154. The van der Waals surface area contributed by atoms with Crippen LogP contribution in [-0.2, 0) is 11.8 Å². The van der Waals surface area contributed by atoms with Crippen LogP contribution in [0.25, 0.3) is 0 Å². The molecule has 1 aromatic heterocycles. The smallest absolute Gasteiger partial charge is 0.356 e. The van der Waals surface area contributed by atoms with Gasteiger partial charge in [-0.2, -0.15) is 0 Å². The average molecular weight is 340 g/mol. The van der Waals surface area contributed by atoms with Crippen LogP contribution in [0.5, 0.6) is 5.88 Å². The number of halogens is 1. The van der Waals surface area contributed by atoms with Gasteiger partial charge in [-0.3, -0.25) is 14.8 Å². The molecule has 10 heteroatoms. The number of non-ortho nitro benzene ring substituents is 1. The first-order chi connectivity index (χ1) is 10.8. The Morgan fingerprint density at radius 2 is 2.00 bits per heavy atom. The SMILES string of the molecule is COC(=O)c1cc(OC(=O)c2cc([N+](=O)[O-])ccc2Cl)nn1C. The summed E-state index contributed by atoms with van der Waals surface area (Å²) in [5.41, 5.74) is -0.427. The topological polar surface area (TPSA) is 114 Å². The van der Waals surface area contributed by atoms with Gasteiger partial charge in [-0.05, 0) is 6.07 Å². The molecule has 0 unspecified atom stereocenters. The number of aromatic nitrogens is 2. The Morgan fingerprint density at radius 3 is 2.61 bits per heavy atom. The van der Waals surface area contributed by atoms with E-state index in [-0.39, 0.29) is 27.8 Å². The van der Waals surface area contributed by atoms with Crippen molar-refractivity contribution in [2.75, 3.05) is 7.11 Å². The highest BCUT2D eigenvalue weighted by Crippen LogP contribution is 2.23. The van der Waals surface area contributed by atoms with Crippen LogP contribution < -0.4 is 4.74 Å². The number of hydrogen-bond acceptors (Lipinski definition) is 7. The van der Waals surface area contributed by atoms with Gasteiger partial charge in [0.1, 0.15) is 5.69 Å². The Labute approximate surface area is 134 Å². The van der Waals surface area contributed by atoms with Crippen LogP contribution in [0.2, 0.25) is 5.02 Å². The fourth-order valence-corrected chi connectivity index (χ4v) is 1.91. The molecule has 0 spiro atoms. The second-order valence-corrected chi connectivity index (χ2v) is 4.70. The highest BCUT2D eigenvalue weighted by molar-refractivity contribution is 6.33. The number of hydrogen-bond donors (Lipinski definition) is 0. The summed E-state index contributed by atoms with van der Waals surface area (Å²) in [7, 11) is 2.66. The quantitative estimate of drug-likeness (QED) is 0.475. The van der Waals surface area contributed by atoms with Crippen LogP contribution in [0.3, 0.4) is 0 Å².